The summed E-state index contributed by atoms with van der Waals surface area (Å²) in [6.45, 7) is 3.68. The number of hydrogen-bond donors (Lipinski definition) is 1. The Labute approximate surface area is 201 Å². The third-order valence-corrected chi connectivity index (χ3v) is 6.99. The summed E-state index contributed by atoms with van der Waals surface area (Å²) >= 11 is 0. The average molecular weight is 498 g/mol. The van der Waals surface area contributed by atoms with Gasteiger partial charge in [0, 0.05) is 14.0 Å². The number of halogens is 1. The number of hydrogen-bond acceptors (Lipinski definition) is 2. The van der Waals surface area contributed by atoms with Crippen LogP contribution in [0.5, 0.6) is 0 Å². The quantitative estimate of drug-likeness (QED) is 0.462. The summed E-state index contributed by atoms with van der Waals surface area (Å²) in [5, 5.41) is 0. The van der Waals surface area contributed by atoms with Crippen molar-refractivity contribution in [1.82, 2.24) is 4.57 Å². The van der Waals surface area contributed by atoms with Crippen LogP contribution in [-0.4, -0.2) is 24.2 Å². The number of carbonyl (C=O) groups excluding carboxylic acids is 1. The Morgan fingerprint density at radius 3 is 2.22 bits per heavy atom. The van der Waals surface area contributed by atoms with Gasteiger partial charge >= 0.3 is 0 Å². The van der Waals surface area contributed by atoms with Crippen molar-refractivity contribution in [2.45, 2.75) is 44.2 Å². The maximum atomic E-state index is 13.2. The molecule has 0 unspecified atom stereocenters. The molecule has 5 nitrogen and oxygen atoms in total. The first-order valence-electron chi connectivity index (χ1n) is 11.1. The largest absolute Gasteiger partial charge is 1.00 e. The first-order chi connectivity index (χ1) is 15.1. The van der Waals surface area contributed by atoms with E-state index in [9.17, 15) is 4.79 Å². The van der Waals surface area contributed by atoms with Crippen LogP contribution >= 0.6 is 0 Å². The summed E-state index contributed by atoms with van der Waals surface area (Å²) in [4.78, 5) is 13.2. The predicted molar refractivity (Wildman–Crippen MR) is 120 cm³/mol. The van der Waals surface area contributed by atoms with E-state index in [2.05, 4.69) is 28.5 Å². The van der Waals surface area contributed by atoms with E-state index in [1.807, 2.05) is 60.7 Å². The standard InChI is InChI=1S/C26H31N3O2.BrH/c1-20-28(17-18-31-2)15-16-29(20)24-14-13-23(19-24)26(25(27)30,21-9-5-3-6-10-21)22-11-7-4-8-12-22;/h3-12,15-16,23-24H,13-14,17-19H2,1-2H3,(H-,27,30);1H/t23-,24+;/m1./s1. The Morgan fingerprint density at radius 2 is 1.69 bits per heavy atom. The van der Waals surface area contributed by atoms with Gasteiger partial charge in [0.25, 0.3) is 5.82 Å². The fraction of sp³-hybridized carbons (Fsp3) is 0.385. The fourth-order valence-corrected chi connectivity index (χ4v) is 5.46. The van der Waals surface area contributed by atoms with E-state index < -0.39 is 5.41 Å². The second-order valence-electron chi connectivity index (χ2n) is 8.51. The molecule has 1 saturated carbocycles. The molecule has 0 spiro atoms. The van der Waals surface area contributed by atoms with Gasteiger partial charge in [-0.1, -0.05) is 60.7 Å². The lowest BCUT2D eigenvalue weighted by atomic mass is 9.64. The van der Waals surface area contributed by atoms with E-state index in [-0.39, 0.29) is 28.8 Å². The van der Waals surface area contributed by atoms with E-state index in [1.165, 1.54) is 5.82 Å². The fourth-order valence-electron chi connectivity index (χ4n) is 5.46. The number of amides is 1. The first-order valence-corrected chi connectivity index (χ1v) is 11.1. The number of aromatic nitrogens is 2. The van der Waals surface area contributed by atoms with E-state index in [4.69, 9.17) is 10.5 Å². The van der Waals surface area contributed by atoms with E-state index in [0.717, 1.165) is 36.9 Å². The smallest absolute Gasteiger partial charge is 0.253 e. The lowest BCUT2D eigenvalue weighted by Crippen LogP contribution is -3.00. The highest BCUT2D eigenvalue weighted by Gasteiger charge is 2.51. The highest BCUT2D eigenvalue weighted by Crippen LogP contribution is 2.48. The van der Waals surface area contributed by atoms with Gasteiger partial charge in [0.05, 0.1) is 6.61 Å². The number of nitrogens with two attached hydrogens (primary N) is 1. The predicted octanol–water partition coefficient (Wildman–Crippen LogP) is 0.547. The molecule has 3 aromatic rings. The van der Waals surface area contributed by atoms with Crippen LogP contribution in [0.1, 0.15) is 42.3 Å². The molecular weight excluding hydrogens is 466 g/mol. The second kappa shape index (κ2) is 10.5. The minimum atomic E-state index is -0.829. The molecule has 6 heteroatoms. The van der Waals surface area contributed by atoms with Crippen molar-refractivity contribution >= 4 is 5.91 Å². The van der Waals surface area contributed by atoms with Crippen molar-refractivity contribution in [3.05, 3.63) is 90.0 Å². The second-order valence-corrected chi connectivity index (χ2v) is 8.51. The molecule has 1 aliphatic rings. The molecule has 1 aliphatic carbocycles. The van der Waals surface area contributed by atoms with Crippen molar-refractivity contribution in [3.8, 4) is 0 Å². The molecule has 0 aliphatic heterocycles. The van der Waals surface area contributed by atoms with Crippen LogP contribution in [0.25, 0.3) is 0 Å². The van der Waals surface area contributed by atoms with Gasteiger partial charge in [-0.25, -0.2) is 9.13 Å². The summed E-state index contributed by atoms with van der Waals surface area (Å²) in [5.74, 6) is 1.08. The van der Waals surface area contributed by atoms with Crippen molar-refractivity contribution in [2.75, 3.05) is 13.7 Å². The molecule has 1 heterocycles. The minimum Gasteiger partial charge on any atom is -1.00 e. The molecule has 2 aromatic carbocycles. The molecule has 2 atom stereocenters. The summed E-state index contributed by atoms with van der Waals surface area (Å²) in [7, 11) is 1.73. The summed E-state index contributed by atoms with van der Waals surface area (Å²) in [5.41, 5.74) is 7.37. The number of methoxy groups -OCH3 is 1. The summed E-state index contributed by atoms with van der Waals surface area (Å²) < 4.78 is 9.83. The Balaban J connectivity index is 0.00000289. The Kier molecular flexibility index (Phi) is 7.91. The van der Waals surface area contributed by atoms with Crippen LogP contribution < -0.4 is 27.3 Å². The molecule has 2 N–H and O–H groups in total. The summed E-state index contributed by atoms with van der Waals surface area (Å²) in [6.07, 6.45) is 7.17. The number of nitrogens with zero attached hydrogens (tertiary/aromatic N) is 2. The summed E-state index contributed by atoms with van der Waals surface area (Å²) in [6, 6.07) is 20.5. The minimum absolute atomic E-state index is 0. The third kappa shape index (κ3) is 4.26. The number of carbonyl (C=O) groups is 1. The van der Waals surface area contributed by atoms with Gasteiger partial charge in [-0.3, -0.25) is 4.79 Å². The highest BCUT2D eigenvalue weighted by atomic mass is 79.9. The van der Waals surface area contributed by atoms with Gasteiger partial charge in [0.2, 0.25) is 5.91 Å². The van der Waals surface area contributed by atoms with Crippen molar-refractivity contribution in [1.29, 1.82) is 0 Å². The van der Waals surface area contributed by atoms with Crippen molar-refractivity contribution in [2.24, 2.45) is 11.7 Å². The number of primary amides is 1. The molecule has 170 valence electrons. The van der Waals surface area contributed by atoms with Crippen molar-refractivity contribution < 1.29 is 31.1 Å². The zero-order valence-corrected chi connectivity index (χ0v) is 20.4. The molecular formula is C26H32BrN3O2. The van der Waals surface area contributed by atoms with Gasteiger partial charge in [0.15, 0.2) is 0 Å². The maximum Gasteiger partial charge on any atom is 0.253 e. The van der Waals surface area contributed by atoms with E-state index >= 15 is 0 Å². The van der Waals surface area contributed by atoms with Gasteiger partial charge < -0.3 is 27.5 Å². The number of benzene rings is 2. The van der Waals surface area contributed by atoms with Gasteiger partial charge in [-0.05, 0) is 36.3 Å². The van der Waals surface area contributed by atoms with Crippen LogP contribution in [0, 0.1) is 12.8 Å². The molecule has 1 aromatic heterocycles. The SMILES string of the molecule is COCCn1cc[n+]([C@H]2CC[C@@H](C(C(N)=O)(c3ccccc3)c3ccccc3)C2)c1C.[Br-]. The van der Waals surface area contributed by atoms with Gasteiger partial charge in [-0.15, -0.1) is 0 Å². The zero-order valence-electron chi connectivity index (χ0n) is 18.8. The molecule has 4 rings (SSSR count). The van der Waals surface area contributed by atoms with Crippen LogP contribution in [0.15, 0.2) is 73.1 Å². The van der Waals surface area contributed by atoms with Gasteiger partial charge in [0.1, 0.15) is 30.4 Å². The van der Waals surface area contributed by atoms with Crippen LogP contribution in [-0.2, 0) is 21.5 Å². The molecule has 32 heavy (non-hydrogen) atoms. The monoisotopic (exact) mass is 497 g/mol. The lowest BCUT2D eigenvalue weighted by molar-refractivity contribution is -0.727. The van der Waals surface area contributed by atoms with Crippen LogP contribution in [0.2, 0.25) is 0 Å². The zero-order chi connectivity index (χ0) is 21.8. The first kappa shape index (κ1) is 24.2. The Hall–Kier alpha value is -2.44. The van der Waals surface area contributed by atoms with Crippen molar-refractivity contribution in [3.63, 3.8) is 0 Å². The molecule has 0 radical (unpaired) electrons. The molecule has 1 fully saturated rings. The van der Waals surface area contributed by atoms with Crippen LogP contribution in [0.3, 0.4) is 0 Å². The van der Waals surface area contributed by atoms with E-state index in [1.54, 1.807) is 7.11 Å². The molecule has 1 amide bonds. The topological polar surface area (TPSA) is 61.1 Å². The number of ether oxygens (including phenoxy) is 1. The molecule has 0 saturated heterocycles. The number of imidazole rings is 1. The highest BCUT2D eigenvalue weighted by molar-refractivity contribution is 5.91. The molecule has 0 bridgehead atoms. The lowest BCUT2D eigenvalue weighted by Gasteiger charge is -2.37. The van der Waals surface area contributed by atoms with E-state index in [0.29, 0.717) is 12.6 Å². The van der Waals surface area contributed by atoms with Crippen LogP contribution in [0.4, 0.5) is 0 Å². The Morgan fingerprint density at radius 1 is 1.09 bits per heavy atom. The normalized spacial score (nSPS) is 18.3. The third-order valence-electron chi connectivity index (χ3n) is 6.99. The Bertz CT molecular complexity index is 981. The average Bonchev–Trinajstić information content (AvgIpc) is 3.41. The number of rotatable bonds is 8. The van der Waals surface area contributed by atoms with Gasteiger partial charge in [-0.2, -0.15) is 0 Å². The maximum absolute atomic E-state index is 13.2.